The molecule has 0 bridgehead atoms. The van der Waals surface area contributed by atoms with Crippen LogP contribution in [0.15, 0.2) is 12.1 Å². The molecule has 1 saturated carbocycles. The van der Waals surface area contributed by atoms with E-state index in [0.717, 1.165) is 12.2 Å². The number of hydrogen-bond donors (Lipinski definition) is 1. The zero-order valence-electron chi connectivity index (χ0n) is 12.5. The molecule has 0 saturated heterocycles. The predicted molar refractivity (Wildman–Crippen MR) is 78.3 cm³/mol. The molecule has 1 aromatic heterocycles. The van der Waals surface area contributed by atoms with Crippen LogP contribution in [-0.2, 0) is 10.2 Å². The van der Waals surface area contributed by atoms with Crippen molar-refractivity contribution in [2.24, 2.45) is 0 Å². The first-order valence-electron chi connectivity index (χ1n) is 7.02. The fraction of sp³-hybridized carbons (Fsp3) is 0.600. The smallest absolute Gasteiger partial charge is 0.413 e. The topological polar surface area (TPSA) is 54.5 Å². The molecule has 2 aliphatic rings. The second-order valence-electron chi connectivity index (χ2n) is 6.83. The van der Waals surface area contributed by atoms with Gasteiger partial charge in [0.25, 0.3) is 0 Å². The van der Waals surface area contributed by atoms with E-state index in [0.29, 0.717) is 5.82 Å². The van der Waals surface area contributed by atoms with Gasteiger partial charge >= 0.3 is 6.09 Å². The number of fused-ring (bicyclic) bond motifs is 2. The summed E-state index contributed by atoms with van der Waals surface area (Å²) in [5.74, 6) is 0.569. The molecular weight excluding hydrogens is 254 g/mol. The maximum absolute atomic E-state index is 11.8. The molecule has 5 heteroatoms. The second kappa shape index (κ2) is 4.11. The zero-order valence-corrected chi connectivity index (χ0v) is 12.5. The Morgan fingerprint density at radius 1 is 1.40 bits per heavy atom. The highest BCUT2D eigenvalue weighted by molar-refractivity contribution is 5.84. The molecule has 108 valence electrons. The molecule has 3 rings (SSSR count). The van der Waals surface area contributed by atoms with Gasteiger partial charge in [0.2, 0.25) is 0 Å². The third kappa shape index (κ3) is 2.32. The van der Waals surface area contributed by atoms with Crippen molar-refractivity contribution < 1.29 is 9.53 Å². The van der Waals surface area contributed by atoms with Crippen LogP contribution in [0.2, 0.25) is 0 Å². The average Bonchev–Trinajstić information content (AvgIpc) is 3.01. The molecule has 1 aliphatic carbocycles. The Hall–Kier alpha value is -1.78. The van der Waals surface area contributed by atoms with E-state index in [-0.39, 0.29) is 5.41 Å². The van der Waals surface area contributed by atoms with Gasteiger partial charge in [0.05, 0.1) is 11.4 Å². The predicted octanol–water partition coefficient (Wildman–Crippen LogP) is 2.91. The molecular formula is C15H21N3O2. The molecule has 1 aromatic rings. The number of anilines is 2. The summed E-state index contributed by atoms with van der Waals surface area (Å²) in [6.45, 7) is 6.57. The number of nitrogens with zero attached hydrogens (tertiary/aromatic N) is 2. The molecule has 0 aromatic carbocycles. The van der Waals surface area contributed by atoms with Crippen molar-refractivity contribution >= 4 is 17.6 Å². The summed E-state index contributed by atoms with van der Waals surface area (Å²) in [4.78, 5) is 18.7. The van der Waals surface area contributed by atoms with Crippen molar-refractivity contribution in [3.8, 4) is 0 Å². The number of amides is 1. The third-order valence-electron chi connectivity index (χ3n) is 3.81. The van der Waals surface area contributed by atoms with Gasteiger partial charge in [-0.3, -0.25) is 5.32 Å². The third-order valence-corrected chi connectivity index (χ3v) is 3.81. The molecule has 20 heavy (non-hydrogen) atoms. The first kappa shape index (κ1) is 13.2. The maximum Gasteiger partial charge on any atom is 0.413 e. The standard InChI is InChI=1S/C15H21N3O2/c1-14(2,3)20-13(19)17-11-6-5-10-12(16-11)15(7-8-15)9-18(10)4/h5-6H,7-9H2,1-4H3,(H,16,17,19). The van der Waals surface area contributed by atoms with Gasteiger partial charge in [0.15, 0.2) is 0 Å². The van der Waals surface area contributed by atoms with E-state index in [1.807, 2.05) is 32.9 Å². The summed E-state index contributed by atoms with van der Waals surface area (Å²) in [7, 11) is 2.09. The van der Waals surface area contributed by atoms with Crippen LogP contribution in [0.3, 0.4) is 0 Å². The van der Waals surface area contributed by atoms with E-state index >= 15 is 0 Å². The van der Waals surface area contributed by atoms with Crippen molar-refractivity contribution in [3.05, 3.63) is 17.8 Å². The normalized spacial score (nSPS) is 18.9. The fourth-order valence-corrected chi connectivity index (χ4v) is 2.79. The van der Waals surface area contributed by atoms with Gasteiger partial charge in [-0.25, -0.2) is 9.78 Å². The van der Waals surface area contributed by atoms with E-state index in [1.165, 1.54) is 18.5 Å². The van der Waals surface area contributed by atoms with E-state index in [2.05, 4.69) is 22.2 Å². The minimum atomic E-state index is -0.501. The number of carbonyl (C=O) groups is 1. The number of rotatable bonds is 1. The highest BCUT2D eigenvalue weighted by Gasteiger charge is 2.52. The molecule has 5 nitrogen and oxygen atoms in total. The Morgan fingerprint density at radius 3 is 2.70 bits per heavy atom. The summed E-state index contributed by atoms with van der Waals surface area (Å²) in [6, 6.07) is 3.86. The number of nitrogens with one attached hydrogen (secondary N) is 1. The molecule has 0 atom stereocenters. The summed E-state index contributed by atoms with van der Waals surface area (Å²) in [5, 5.41) is 2.72. The largest absolute Gasteiger partial charge is 0.444 e. The van der Waals surface area contributed by atoms with Gasteiger partial charge in [0, 0.05) is 19.0 Å². The molecule has 1 spiro atoms. The number of aromatic nitrogens is 1. The van der Waals surface area contributed by atoms with Crippen molar-refractivity contribution in [1.29, 1.82) is 0 Å². The maximum atomic E-state index is 11.8. The quantitative estimate of drug-likeness (QED) is 0.856. The van der Waals surface area contributed by atoms with Gasteiger partial charge in [-0.2, -0.15) is 0 Å². The van der Waals surface area contributed by atoms with Gasteiger partial charge < -0.3 is 9.64 Å². The minimum absolute atomic E-state index is 0.232. The van der Waals surface area contributed by atoms with E-state index in [1.54, 1.807) is 0 Å². The van der Waals surface area contributed by atoms with Crippen LogP contribution in [0, 0.1) is 0 Å². The Balaban J connectivity index is 1.78. The van der Waals surface area contributed by atoms with Crippen molar-refractivity contribution in [3.63, 3.8) is 0 Å². The van der Waals surface area contributed by atoms with Gasteiger partial charge in [0.1, 0.15) is 11.4 Å². The number of pyridine rings is 1. The molecule has 1 fully saturated rings. The summed E-state index contributed by atoms with van der Waals surface area (Å²) in [6.07, 6.45) is 1.92. The van der Waals surface area contributed by atoms with E-state index in [9.17, 15) is 4.79 Å². The molecule has 1 aliphatic heterocycles. The van der Waals surface area contributed by atoms with Crippen molar-refractivity contribution in [1.82, 2.24) is 4.98 Å². The van der Waals surface area contributed by atoms with Crippen LogP contribution in [0.4, 0.5) is 16.3 Å². The Morgan fingerprint density at radius 2 is 2.10 bits per heavy atom. The lowest BCUT2D eigenvalue weighted by Gasteiger charge is -2.19. The van der Waals surface area contributed by atoms with Gasteiger partial charge in [-0.05, 0) is 45.7 Å². The highest BCUT2D eigenvalue weighted by Crippen LogP contribution is 2.55. The summed E-state index contributed by atoms with van der Waals surface area (Å²) >= 11 is 0. The number of likely N-dealkylation sites (N-methyl/N-ethyl adjacent to an activating group) is 1. The Kier molecular flexibility index (Phi) is 2.71. The van der Waals surface area contributed by atoms with Crippen LogP contribution in [0.1, 0.15) is 39.3 Å². The molecule has 1 amide bonds. The average molecular weight is 275 g/mol. The lowest BCUT2D eigenvalue weighted by molar-refractivity contribution is 0.0635. The summed E-state index contributed by atoms with van der Waals surface area (Å²) < 4.78 is 5.25. The van der Waals surface area contributed by atoms with Crippen molar-refractivity contribution in [2.75, 3.05) is 23.8 Å². The summed E-state index contributed by atoms with van der Waals surface area (Å²) in [5.41, 5.74) is 2.03. The molecule has 1 N–H and O–H groups in total. The first-order chi connectivity index (χ1) is 9.29. The monoisotopic (exact) mass is 275 g/mol. The van der Waals surface area contributed by atoms with E-state index in [4.69, 9.17) is 4.74 Å². The van der Waals surface area contributed by atoms with Gasteiger partial charge in [-0.15, -0.1) is 0 Å². The lowest BCUT2D eigenvalue weighted by atomic mass is 10.1. The zero-order chi connectivity index (χ0) is 14.5. The first-order valence-corrected chi connectivity index (χ1v) is 7.02. The second-order valence-corrected chi connectivity index (χ2v) is 6.83. The Labute approximate surface area is 119 Å². The molecule has 0 unspecified atom stereocenters. The van der Waals surface area contributed by atoms with Crippen LogP contribution in [0.5, 0.6) is 0 Å². The number of hydrogen-bond acceptors (Lipinski definition) is 4. The lowest BCUT2D eigenvalue weighted by Crippen LogP contribution is -2.27. The van der Waals surface area contributed by atoms with Gasteiger partial charge in [-0.1, -0.05) is 0 Å². The SMILES string of the molecule is CN1CC2(CC2)c2nc(NC(=O)OC(C)(C)C)ccc21. The molecule has 2 heterocycles. The number of carbonyl (C=O) groups excluding carboxylic acids is 1. The van der Waals surface area contributed by atoms with Crippen LogP contribution >= 0.6 is 0 Å². The van der Waals surface area contributed by atoms with Crippen LogP contribution in [0.25, 0.3) is 0 Å². The highest BCUT2D eigenvalue weighted by atomic mass is 16.6. The van der Waals surface area contributed by atoms with Crippen LogP contribution in [-0.4, -0.2) is 30.3 Å². The minimum Gasteiger partial charge on any atom is -0.444 e. The van der Waals surface area contributed by atoms with E-state index < -0.39 is 11.7 Å². The Bertz CT molecular complexity index is 559. The molecule has 0 radical (unpaired) electrons. The van der Waals surface area contributed by atoms with Crippen molar-refractivity contribution in [2.45, 2.75) is 44.6 Å². The fourth-order valence-electron chi connectivity index (χ4n) is 2.79. The van der Waals surface area contributed by atoms with Crippen LogP contribution < -0.4 is 10.2 Å². The number of ether oxygens (including phenoxy) is 1.